The zero-order valence-corrected chi connectivity index (χ0v) is 12.6. The monoisotopic (exact) mass is 298 g/mol. The van der Waals surface area contributed by atoms with E-state index in [-0.39, 0.29) is 17.0 Å². The van der Waals surface area contributed by atoms with E-state index < -0.39 is 5.82 Å². The standard InChI is InChI=1S/C15H20ClFN2O/c1-18-11-4-6-12(7-5-11)19(2)15(20)10-3-8-13(16)14(17)9-10/h3,8-9,11-12,18H,4-7H2,1-2H3. The van der Waals surface area contributed by atoms with Crippen LogP contribution in [-0.2, 0) is 0 Å². The zero-order valence-electron chi connectivity index (χ0n) is 11.8. The van der Waals surface area contributed by atoms with Crippen LogP contribution in [0.25, 0.3) is 0 Å². The molecule has 0 radical (unpaired) electrons. The van der Waals surface area contributed by atoms with Gasteiger partial charge in [-0.05, 0) is 50.9 Å². The summed E-state index contributed by atoms with van der Waals surface area (Å²) in [6.07, 6.45) is 4.08. The molecule has 5 heteroatoms. The molecule has 1 aromatic rings. The Morgan fingerprint density at radius 2 is 2.00 bits per heavy atom. The maximum absolute atomic E-state index is 13.4. The Morgan fingerprint density at radius 1 is 1.35 bits per heavy atom. The van der Waals surface area contributed by atoms with Gasteiger partial charge in [0.05, 0.1) is 5.02 Å². The Kier molecular flexibility index (Phi) is 5.00. The van der Waals surface area contributed by atoms with Crippen LogP contribution in [0.2, 0.25) is 5.02 Å². The molecule has 1 saturated carbocycles. The van der Waals surface area contributed by atoms with Gasteiger partial charge in [-0.15, -0.1) is 0 Å². The highest BCUT2D eigenvalue weighted by atomic mass is 35.5. The normalized spacial score (nSPS) is 22.6. The van der Waals surface area contributed by atoms with E-state index in [0.717, 1.165) is 25.7 Å². The maximum Gasteiger partial charge on any atom is 0.253 e. The molecule has 0 aromatic heterocycles. The lowest BCUT2D eigenvalue weighted by molar-refractivity contribution is 0.0685. The fraction of sp³-hybridized carbons (Fsp3) is 0.533. The first-order chi connectivity index (χ1) is 9.52. The van der Waals surface area contributed by atoms with Crippen LogP contribution >= 0.6 is 11.6 Å². The third-order valence-electron chi connectivity index (χ3n) is 4.14. The first kappa shape index (κ1) is 15.3. The first-order valence-electron chi connectivity index (χ1n) is 6.92. The van der Waals surface area contributed by atoms with Crippen LogP contribution in [0.3, 0.4) is 0 Å². The molecule has 110 valence electrons. The molecule has 1 aliphatic carbocycles. The van der Waals surface area contributed by atoms with Crippen molar-refractivity contribution in [2.75, 3.05) is 14.1 Å². The topological polar surface area (TPSA) is 32.3 Å². The molecule has 2 rings (SSSR count). The molecule has 1 aliphatic rings. The number of nitrogens with one attached hydrogen (secondary N) is 1. The summed E-state index contributed by atoms with van der Waals surface area (Å²) in [4.78, 5) is 14.1. The van der Waals surface area contributed by atoms with Crippen LogP contribution in [0.5, 0.6) is 0 Å². The van der Waals surface area contributed by atoms with Gasteiger partial charge in [0.2, 0.25) is 0 Å². The number of amides is 1. The summed E-state index contributed by atoms with van der Waals surface area (Å²) in [5.41, 5.74) is 0.352. The van der Waals surface area contributed by atoms with E-state index in [1.807, 2.05) is 7.05 Å². The lowest BCUT2D eigenvalue weighted by Crippen LogP contribution is -2.42. The van der Waals surface area contributed by atoms with E-state index in [1.54, 1.807) is 18.0 Å². The molecule has 0 heterocycles. The summed E-state index contributed by atoms with van der Waals surface area (Å²) in [6, 6.07) is 4.98. The molecule has 0 bridgehead atoms. The summed E-state index contributed by atoms with van der Waals surface area (Å²) in [5.74, 6) is -0.696. The van der Waals surface area contributed by atoms with Gasteiger partial charge >= 0.3 is 0 Å². The van der Waals surface area contributed by atoms with Crippen LogP contribution in [0.4, 0.5) is 4.39 Å². The van der Waals surface area contributed by atoms with Crippen molar-refractivity contribution in [3.8, 4) is 0 Å². The average Bonchev–Trinajstić information content (AvgIpc) is 2.48. The second kappa shape index (κ2) is 6.55. The quantitative estimate of drug-likeness (QED) is 0.930. The number of nitrogens with zero attached hydrogens (tertiary/aromatic N) is 1. The van der Waals surface area contributed by atoms with Gasteiger partial charge < -0.3 is 10.2 Å². The first-order valence-corrected chi connectivity index (χ1v) is 7.30. The molecule has 0 saturated heterocycles. The highest BCUT2D eigenvalue weighted by Crippen LogP contribution is 2.24. The number of halogens is 2. The maximum atomic E-state index is 13.4. The molecule has 0 spiro atoms. The second-order valence-corrected chi connectivity index (χ2v) is 5.75. The predicted molar refractivity (Wildman–Crippen MR) is 78.6 cm³/mol. The van der Waals surface area contributed by atoms with Crippen molar-refractivity contribution in [2.24, 2.45) is 0 Å². The number of benzene rings is 1. The fourth-order valence-electron chi connectivity index (χ4n) is 2.75. The number of hydrogen-bond acceptors (Lipinski definition) is 2. The predicted octanol–water partition coefficient (Wildman–Crippen LogP) is 3.08. The lowest BCUT2D eigenvalue weighted by atomic mass is 9.90. The van der Waals surface area contributed by atoms with Gasteiger partial charge in [-0.25, -0.2) is 4.39 Å². The van der Waals surface area contributed by atoms with Crippen molar-refractivity contribution in [1.29, 1.82) is 0 Å². The highest BCUT2D eigenvalue weighted by Gasteiger charge is 2.26. The van der Waals surface area contributed by atoms with E-state index >= 15 is 0 Å². The van der Waals surface area contributed by atoms with Gasteiger partial charge in [0, 0.05) is 24.7 Å². The molecule has 20 heavy (non-hydrogen) atoms. The van der Waals surface area contributed by atoms with E-state index in [2.05, 4.69) is 5.32 Å². The average molecular weight is 299 g/mol. The fourth-order valence-corrected chi connectivity index (χ4v) is 2.87. The molecular weight excluding hydrogens is 279 g/mol. The van der Waals surface area contributed by atoms with Crippen molar-refractivity contribution in [1.82, 2.24) is 10.2 Å². The van der Waals surface area contributed by atoms with Crippen molar-refractivity contribution < 1.29 is 9.18 Å². The molecule has 0 atom stereocenters. The van der Waals surface area contributed by atoms with Crippen molar-refractivity contribution in [2.45, 2.75) is 37.8 Å². The summed E-state index contributed by atoms with van der Waals surface area (Å²) < 4.78 is 13.4. The largest absolute Gasteiger partial charge is 0.339 e. The molecule has 1 fully saturated rings. The Balaban J connectivity index is 2.03. The zero-order chi connectivity index (χ0) is 14.7. The molecular formula is C15H20ClFN2O. The number of hydrogen-bond donors (Lipinski definition) is 1. The summed E-state index contributed by atoms with van der Waals surface area (Å²) in [6.45, 7) is 0. The molecule has 1 N–H and O–H groups in total. The van der Waals surface area contributed by atoms with Gasteiger partial charge in [0.25, 0.3) is 5.91 Å². The summed E-state index contributed by atoms with van der Waals surface area (Å²) >= 11 is 5.64. The van der Waals surface area contributed by atoms with Crippen molar-refractivity contribution in [3.05, 3.63) is 34.6 Å². The summed E-state index contributed by atoms with van der Waals surface area (Å²) in [5, 5.41) is 3.31. The van der Waals surface area contributed by atoms with E-state index in [0.29, 0.717) is 11.6 Å². The van der Waals surface area contributed by atoms with Crippen LogP contribution in [0, 0.1) is 5.82 Å². The Labute approximate surface area is 124 Å². The lowest BCUT2D eigenvalue weighted by Gasteiger charge is -2.34. The highest BCUT2D eigenvalue weighted by molar-refractivity contribution is 6.30. The molecule has 0 aliphatic heterocycles. The molecule has 1 amide bonds. The minimum Gasteiger partial charge on any atom is -0.339 e. The Bertz CT molecular complexity index is 487. The summed E-state index contributed by atoms with van der Waals surface area (Å²) in [7, 11) is 3.76. The number of carbonyl (C=O) groups is 1. The van der Waals surface area contributed by atoms with Crippen LogP contribution < -0.4 is 5.32 Å². The third kappa shape index (κ3) is 3.30. The van der Waals surface area contributed by atoms with Crippen LogP contribution in [0.1, 0.15) is 36.0 Å². The Hall–Kier alpha value is -1.13. The van der Waals surface area contributed by atoms with Gasteiger partial charge in [-0.1, -0.05) is 11.6 Å². The number of carbonyl (C=O) groups excluding carboxylic acids is 1. The van der Waals surface area contributed by atoms with Gasteiger partial charge in [0.1, 0.15) is 5.82 Å². The van der Waals surface area contributed by atoms with Crippen LogP contribution in [0.15, 0.2) is 18.2 Å². The van der Waals surface area contributed by atoms with E-state index in [9.17, 15) is 9.18 Å². The SMILES string of the molecule is CNC1CCC(N(C)C(=O)c2ccc(Cl)c(F)c2)CC1. The molecule has 1 aromatic carbocycles. The molecule has 3 nitrogen and oxygen atoms in total. The molecule has 0 unspecified atom stereocenters. The minimum atomic E-state index is -0.551. The van der Waals surface area contributed by atoms with Gasteiger partial charge in [0.15, 0.2) is 0 Å². The van der Waals surface area contributed by atoms with Crippen molar-refractivity contribution in [3.63, 3.8) is 0 Å². The smallest absolute Gasteiger partial charge is 0.253 e. The van der Waals surface area contributed by atoms with Crippen molar-refractivity contribution >= 4 is 17.5 Å². The third-order valence-corrected chi connectivity index (χ3v) is 4.45. The number of rotatable bonds is 3. The van der Waals surface area contributed by atoms with E-state index in [4.69, 9.17) is 11.6 Å². The second-order valence-electron chi connectivity index (χ2n) is 5.34. The van der Waals surface area contributed by atoms with Crippen LogP contribution in [-0.4, -0.2) is 37.0 Å². The Morgan fingerprint density at radius 3 is 2.55 bits per heavy atom. The van der Waals surface area contributed by atoms with E-state index in [1.165, 1.54) is 12.1 Å². The van der Waals surface area contributed by atoms with Gasteiger partial charge in [-0.3, -0.25) is 4.79 Å². The minimum absolute atomic E-state index is 0.0405. The van der Waals surface area contributed by atoms with Gasteiger partial charge in [-0.2, -0.15) is 0 Å².